The van der Waals surface area contributed by atoms with E-state index in [1.165, 1.54) is 11.0 Å². The van der Waals surface area contributed by atoms with E-state index in [9.17, 15) is 9.59 Å². The van der Waals surface area contributed by atoms with Crippen molar-refractivity contribution >= 4 is 41.0 Å². The zero-order valence-electron chi connectivity index (χ0n) is 19.6. The van der Waals surface area contributed by atoms with E-state index in [0.29, 0.717) is 45.1 Å². The van der Waals surface area contributed by atoms with Crippen molar-refractivity contribution in [2.45, 2.75) is 32.4 Å². The molecule has 0 saturated heterocycles. The van der Waals surface area contributed by atoms with Gasteiger partial charge in [0.2, 0.25) is 0 Å². The van der Waals surface area contributed by atoms with Gasteiger partial charge in [0.15, 0.2) is 0 Å². The third kappa shape index (κ3) is 6.54. The first-order chi connectivity index (χ1) is 17.8. The van der Waals surface area contributed by atoms with Gasteiger partial charge in [-0.25, -0.2) is 19.3 Å². The highest BCUT2D eigenvalue weighted by atomic mass is 35.5. The van der Waals surface area contributed by atoms with Gasteiger partial charge in [-0.15, -0.1) is 5.10 Å². The van der Waals surface area contributed by atoms with Gasteiger partial charge in [-0.1, -0.05) is 48.7 Å². The summed E-state index contributed by atoms with van der Waals surface area (Å²) in [5.74, 6) is 0.502. The van der Waals surface area contributed by atoms with Crippen LogP contribution in [0, 0.1) is 0 Å². The predicted molar refractivity (Wildman–Crippen MR) is 138 cm³/mol. The van der Waals surface area contributed by atoms with Crippen molar-refractivity contribution in [1.82, 2.24) is 40.8 Å². The van der Waals surface area contributed by atoms with Crippen molar-refractivity contribution < 1.29 is 14.7 Å². The Bertz CT molecular complexity index is 1370. The number of imidazole rings is 1. The molecular formula is C23H23Cl2N9O3. The molecule has 0 unspecified atom stereocenters. The number of tetrazole rings is 1. The molecule has 2 aromatic heterocycles. The summed E-state index contributed by atoms with van der Waals surface area (Å²) in [7, 11) is 0. The highest BCUT2D eigenvalue weighted by Gasteiger charge is 2.21. The zero-order chi connectivity index (χ0) is 26.4. The molecule has 14 heteroatoms. The second kappa shape index (κ2) is 11.7. The van der Waals surface area contributed by atoms with Gasteiger partial charge in [-0.3, -0.25) is 5.32 Å². The van der Waals surface area contributed by atoms with Crippen LogP contribution in [0.4, 0.5) is 15.3 Å². The minimum atomic E-state index is -1.15. The van der Waals surface area contributed by atoms with Gasteiger partial charge in [-0.05, 0) is 52.7 Å². The molecule has 1 atom stereocenters. The summed E-state index contributed by atoms with van der Waals surface area (Å²) in [6.45, 7) is 2.18. The summed E-state index contributed by atoms with van der Waals surface area (Å²) in [6.07, 6.45) is 1.71. The largest absolute Gasteiger partial charge is 0.465 e. The van der Waals surface area contributed by atoms with Crippen LogP contribution < -0.4 is 16.0 Å². The van der Waals surface area contributed by atoms with E-state index in [0.717, 1.165) is 12.0 Å². The molecule has 0 saturated carbocycles. The number of hydrogen-bond donors (Lipinski definition) is 5. The molecule has 12 nitrogen and oxygen atoms in total. The molecule has 0 radical (unpaired) electrons. The molecule has 0 fully saturated rings. The number of aromatic amines is 1. The molecule has 0 bridgehead atoms. The number of nitrogens with one attached hydrogen (secondary N) is 4. The first-order valence-corrected chi connectivity index (χ1v) is 12.0. The fraction of sp³-hybridized carbons (Fsp3) is 0.217. The Labute approximate surface area is 221 Å². The molecule has 0 spiro atoms. The van der Waals surface area contributed by atoms with Gasteiger partial charge in [0.05, 0.1) is 11.7 Å². The van der Waals surface area contributed by atoms with Crippen molar-refractivity contribution in [2.75, 3.05) is 5.32 Å². The molecule has 37 heavy (non-hydrogen) atoms. The number of nitrogens with zero attached hydrogens (tertiary/aromatic N) is 5. The molecule has 4 rings (SSSR count). The summed E-state index contributed by atoms with van der Waals surface area (Å²) in [5, 5.41) is 28.9. The lowest BCUT2D eigenvalue weighted by Crippen LogP contribution is -2.38. The van der Waals surface area contributed by atoms with E-state index in [1.54, 1.807) is 42.5 Å². The Morgan fingerprint density at radius 1 is 1.16 bits per heavy atom. The van der Waals surface area contributed by atoms with Gasteiger partial charge >= 0.3 is 12.1 Å². The Kier molecular flexibility index (Phi) is 8.21. The number of halogens is 2. The quantitative estimate of drug-likeness (QED) is 0.202. The van der Waals surface area contributed by atoms with Gasteiger partial charge in [0, 0.05) is 22.8 Å². The maximum Gasteiger partial charge on any atom is 0.409 e. The van der Waals surface area contributed by atoms with Gasteiger partial charge in [-0.2, -0.15) is 0 Å². The van der Waals surface area contributed by atoms with E-state index in [4.69, 9.17) is 28.3 Å². The standard InChI is InChI=1S/C23H23Cl2N9O3/c1-2-3-17(21-30-19(20(25)31-21)13-4-7-16(8-5-13)28-23(36)37)29-22(35)26-11-14-10-15(24)6-9-18(14)34-12-27-32-33-34/h4-10,12,17,28H,2-3,11H2,1H3,(H,30,31)(H,36,37)(H2,26,29,35)/t17-/m0/s1. The van der Waals surface area contributed by atoms with Crippen LogP contribution in [0.1, 0.15) is 37.2 Å². The van der Waals surface area contributed by atoms with Crippen LogP contribution in [-0.4, -0.2) is 47.4 Å². The van der Waals surface area contributed by atoms with E-state index in [1.807, 2.05) is 6.92 Å². The van der Waals surface area contributed by atoms with Crippen molar-refractivity contribution in [3.8, 4) is 16.9 Å². The Morgan fingerprint density at radius 3 is 2.62 bits per heavy atom. The van der Waals surface area contributed by atoms with Crippen LogP contribution in [-0.2, 0) is 6.54 Å². The van der Waals surface area contributed by atoms with Crippen molar-refractivity contribution in [2.24, 2.45) is 0 Å². The fourth-order valence-corrected chi connectivity index (χ4v) is 4.14. The number of anilines is 1. The molecule has 4 aromatic rings. The van der Waals surface area contributed by atoms with Crippen molar-refractivity contribution in [3.05, 3.63) is 70.4 Å². The summed E-state index contributed by atoms with van der Waals surface area (Å²) < 4.78 is 1.49. The lowest BCUT2D eigenvalue weighted by molar-refractivity contribution is 0.209. The zero-order valence-corrected chi connectivity index (χ0v) is 21.1. The SMILES string of the molecule is CCC[C@H](NC(=O)NCc1cc(Cl)ccc1-n1cnnn1)c1nc(-c2ccc(NC(=O)O)cc2)c(Cl)[nH]1. The number of carboxylic acid groups (broad SMARTS) is 1. The topological polar surface area (TPSA) is 163 Å². The maximum atomic E-state index is 12.8. The van der Waals surface area contributed by atoms with Crippen molar-refractivity contribution in [3.63, 3.8) is 0 Å². The second-order valence-corrected chi connectivity index (χ2v) is 8.80. The lowest BCUT2D eigenvalue weighted by Gasteiger charge is -2.17. The Balaban J connectivity index is 1.46. The van der Waals surface area contributed by atoms with Crippen LogP contribution in [0.25, 0.3) is 16.9 Å². The number of carbonyl (C=O) groups is 2. The summed E-state index contributed by atoms with van der Waals surface area (Å²) in [6, 6.07) is 11.0. The molecule has 192 valence electrons. The number of amides is 3. The molecule has 5 N–H and O–H groups in total. The number of urea groups is 1. The molecule has 0 aliphatic carbocycles. The minimum absolute atomic E-state index is 0.182. The lowest BCUT2D eigenvalue weighted by atomic mass is 10.1. The third-order valence-corrected chi connectivity index (χ3v) is 5.89. The van der Waals surface area contributed by atoms with Gasteiger partial charge in [0.25, 0.3) is 0 Å². The number of benzene rings is 2. The molecule has 2 heterocycles. The minimum Gasteiger partial charge on any atom is -0.465 e. The number of rotatable bonds is 9. The van der Waals surface area contributed by atoms with E-state index >= 15 is 0 Å². The molecular weight excluding hydrogens is 521 g/mol. The third-order valence-electron chi connectivity index (χ3n) is 5.38. The number of aromatic nitrogens is 6. The highest BCUT2D eigenvalue weighted by molar-refractivity contribution is 6.32. The average molecular weight is 544 g/mol. The number of carbonyl (C=O) groups excluding carboxylic acids is 1. The summed E-state index contributed by atoms with van der Waals surface area (Å²) in [4.78, 5) is 31.3. The summed E-state index contributed by atoms with van der Waals surface area (Å²) >= 11 is 12.6. The Hall–Kier alpha value is -4.16. The predicted octanol–water partition coefficient (Wildman–Crippen LogP) is 4.79. The van der Waals surface area contributed by atoms with Crippen LogP contribution in [0.2, 0.25) is 10.2 Å². The normalized spacial score (nSPS) is 11.6. The van der Waals surface area contributed by atoms with Crippen molar-refractivity contribution in [1.29, 1.82) is 0 Å². The molecule has 2 aromatic carbocycles. The van der Waals surface area contributed by atoms with E-state index in [2.05, 4.69) is 41.4 Å². The average Bonchev–Trinajstić information content (AvgIpc) is 3.53. The smallest absolute Gasteiger partial charge is 0.409 e. The first-order valence-electron chi connectivity index (χ1n) is 11.3. The maximum absolute atomic E-state index is 12.8. The van der Waals surface area contributed by atoms with Crippen LogP contribution in [0.15, 0.2) is 48.8 Å². The van der Waals surface area contributed by atoms with E-state index in [-0.39, 0.29) is 6.54 Å². The highest BCUT2D eigenvalue weighted by Crippen LogP contribution is 2.29. The molecule has 0 aliphatic rings. The number of H-pyrrole nitrogens is 1. The first kappa shape index (κ1) is 25.9. The summed E-state index contributed by atoms with van der Waals surface area (Å²) in [5.41, 5.74) is 3.03. The number of hydrogen-bond acceptors (Lipinski definition) is 6. The monoisotopic (exact) mass is 543 g/mol. The van der Waals surface area contributed by atoms with Crippen LogP contribution >= 0.6 is 23.2 Å². The fourth-order valence-electron chi connectivity index (χ4n) is 3.70. The molecule has 3 amide bonds. The van der Waals surface area contributed by atoms with E-state index < -0.39 is 18.2 Å². The second-order valence-electron chi connectivity index (χ2n) is 7.99. The van der Waals surface area contributed by atoms with Crippen LogP contribution in [0.5, 0.6) is 0 Å². The van der Waals surface area contributed by atoms with Crippen LogP contribution in [0.3, 0.4) is 0 Å². The Morgan fingerprint density at radius 2 is 1.95 bits per heavy atom. The van der Waals surface area contributed by atoms with Gasteiger partial charge < -0.3 is 20.7 Å². The van der Waals surface area contributed by atoms with Gasteiger partial charge in [0.1, 0.15) is 23.0 Å². The molecule has 0 aliphatic heterocycles.